The second kappa shape index (κ2) is 6.59. The van der Waals surface area contributed by atoms with Crippen LogP contribution in [0.15, 0.2) is 18.2 Å². The van der Waals surface area contributed by atoms with Crippen LogP contribution in [0.2, 0.25) is 5.82 Å². The highest BCUT2D eigenvalue weighted by Crippen LogP contribution is 2.43. The molecule has 27 heavy (non-hydrogen) atoms. The van der Waals surface area contributed by atoms with Gasteiger partial charge in [-0.2, -0.15) is 0 Å². The lowest BCUT2D eigenvalue weighted by Crippen LogP contribution is -2.42. The molecule has 3 aliphatic rings. The Labute approximate surface area is 161 Å². The topological polar surface area (TPSA) is 38.8 Å². The minimum atomic E-state index is -0.312. The first-order chi connectivity index (χ1) is 12.7. The first kappa shape index (κ1) is 18.9. The van der Waals surface area contributed by atoms with E-state index in [0.717, 1.165) is 49.9 Å². The molecular weight excluding hydrogens is 344 g/mol. The first-order valence-electron chi connectivity index (χ1n) is 10.1. The van der Waals surface area contributed by atoms with Crippen molar-refractivity contribution < 1.29 is 18.5 Å². The lowest BCUT2D eigenvalue weighted by molar-refractivity contribution is -0.133. The van der Waals surface area contributed by atoms with E-state index in [1.807, 2.05) is 4.90 Å². The summed E-state index contributed by atoms with van der Waals surface area (Å²) in [5.41, 5.74) is 1.37. The number of piperidine rings is 1. The normalized spacial score (nSPS) is 27.1. The second-order valence-electron chi connectivity index (χ2n) is 9.22. The van der Waals surface area contributed by atoms with Gasteiger partial charge in [-0.15, -0.1) is 0 Å². The summed E-state index contributed by atoms with van der Waals surface area (Å²) in [5, 5.41) is 0. The number of likely N-dealkylation sites (tertiary alicyclic amines) is 1. The van der Waals surface area contributed by atoms with E-state index in [9.17, 15) is 9.18 Å². The number of hydrogen-bond acceptors (Lipinski definition) is 3. The molecule has 1 atom stereocenters. The van der Waals surface area contributed by atoms with Crippen LogP contribution in [0.25, 0.3) is 0 Å². The highest BCUT2D eigenvalue weighted by molar-refractivity contribution is 6.47. The first-order valence-corrected chi connectivity index (χ1v) is 10.1. The van der Waals surface area contributed by atoms with Crippen LogP contribution in [0.1, 0.15) is 64.0 Å². The highest BCUT2D eigenvalue weighted by Gasteiger charge is 2.54. The molecule has 2 saturated heterocycles. The second-order valence-corrected chi connectivity index (χ2v) is 9.22. The molecule has 2 heterocycles. The van der Waals surface area contributed by atoms with E-state index < -0.39 is 0 Å². The van der Waals surface area contributed by atoms with Gasteiger partial charge in [0.1, 0.15) is 5.82 Å². The number of halogens is 1. The molecule has 0 aromatic heterocycles. The third kappa shape index (κ3) is 3.31. The summed E-state index contributed by atoms with van der Waals surface area (Å²) in [6.07, 6.45) is 3.36. The molecule has 0 N–H and O–H groups in total. The predicted molar refractivity (Wildman–Crippen MR) is 103 cm³/mol. The van der Waals surface area contributed by atoms with Crippen LogP contribution in [-0.4, -0.2) is 42.2 Å². The molecule has 0 bridgehead atoms. The third-order valence-electron chi connectivity index (χ3n) is 6.99. The summed E-state index contributed by atoms with van der Waals surface area (Å²) < 4.78 is 25.8. The van der Waals surface area contributed by atoms with Gasteiger partial charge < -0.3 is 14.2 Å². The number of fused-ring (bicyclic) bond motifs is 1. The third-order valence-corrected chi connectivity index (χ3v) is 6.99. The Bertz CT molecular complexity index is 727. The number of amides is 1. The van der Waals surface area contributed by atoms with E-state index >= 15 is 0 Å². The Balaban J connectivity index is 1.37. The van der Waals surface area contributed by atoms with Crippen molar-refractivity contribution >= 4 is 13.0 Å². The van der Waals surface area contributed by atoms with Gasteiger partial charge in [-0.1, -0.05) is 6.07 Å². The zero-order valence-electron chi connectivity index (χ0n) is 16.8. The van der Waals surface area contributed by atoms with Crippen molar-refractivity contribution in [2.24, 2.45) is 0 Å². The Morgan fingerprint density at radius 2 is 1.74 bits per heavy atom. The Hall–Kier alpha value is -1.40. The maximum Gasteiger partial charge on any atom is 0.461 e. The van der Waals surface area contributed by atoms with Crippen LogP contribution in [0.5, 0.6) is 0 Å². The molecule has 4 rings (SSSR count). The van der Waals surface area contributed by atoms with Crippen LogP contribution in [0.3, 0.4) is 0 Å². The van der Waals surface area contributed by atoms with Crippen molar-refractivity contribution in [1.29, 1.82) is 0 Å². The SMILES string of the molecule is CC1(C)OB(C2CCN(C(=O)C3CCc4cc(F)ccc43)CC2)OC1(C)C. The molecule has 0 radical (unpaired) electrons. The van der Waals surface area contributed by atoms with Gasteiger partial charge in [0.2, 0.25) is 5.91 Å². The number of nitrogens with zero attached hydrogens (tertiary/aromatic N) is 1. The minimum Gasteiger partial charge on any atom is -0.403 e. The lowest BCUT2D eigenvalue weighted by Gasteiger charge is -2.34. The van der Waals surface area contributed by atoms with E-state index in [1.54, 1.807) is 12.1 Å². The molecule has 1 amide bonds. The highest BCUT2D eigenvalue weighted by atomic mass is 19.1. The Morgan fingerprint density at radius 3 is 2.37 bits per heavy atom. The summed E-state index contributed by atoms with van der Waals surface area (Å²) in [7, 11) is -0.192. The van der Waals surface area contributed by atoms with Gasteiger partial charge in [0.25, 0.3) is 0 Å². The van der Waals surface area contributed by atoms with Gasteiger partial charge in [0.15, 0.2) is 0 Å². The summed E-state index contributed by atoms with van der Waals surface area (Å²) in [6, 6.07) is 4.83. The molecule has 0 saturated carbocycles. The number of aryl methyl sites for hydroxylation is 1. The van der Waals surface area contributed by atoms with Gasteiger partial charge in [0, 0.05) is 13.1 Å². The molecule has 4 nitrogen and oxygen atoms in total. The minimum absolute atomic E-state index is 0.117. The van der Waals surface area contributed by atoms with Gasteiger partial charge in [-0.3, -0.25) is 4.79 Å². The molecule has 1 unspecified atom stereocenters. The smallest absolute Gasteiger partial charge is 0.403 e. The molecule has 0 spiro atoms. The van der Waals surface area contributed by atoms with Crippen molar-refractivity contribution in [2.45, 2.75) is 76.3 Å². The Morgan fingerprint density at radius 1 is 1.11 bits per heavy atom. The predicted octanol–water partition coefficient (Wildman–Crippen LogP) is 3.94. The average Bonchev–Trinajstić information content (AvgIpc) is 3.12. The van der Waals surface area contributed by atoms with Gasteiger partial charge in [0.05, 0.1) is 17.1 Å². The van der Waals surface area contributed by atoms with Crippen molar-refractivity contribution in [3.63, 3.8) is 0 Å². The molecule has 6 heteroatoms. The fraction of sp³-hybridized carbons (Fsp3) is 0.667. The molecule has 146 valence electrons. The van der Waals surface area contributed by atoms with E-state index in [1.165, 1.54) is 6.07 Å². The number of hydrogen-bond donors (Lipinski definition) is 0. The summed E-state index contributed by atoms with van der Waals surface area (Å²) >= 11 is 0. The maximum atomic E-state index is 13.4. The van der Waals surface area contributed by atoms with Gasteiger partial charge >= 0.3 is 7.12 Å². The van der Waals surface area contributed by atoms with Crippen molar-refractivity contribution in [3.05, 3.63) is 35.1 Å². The fourth-order valence-electron chi connectivity index (χ4n) is 4.54. The van der Waals surface area contributed by atoms with E-state index in [-0.39, 0.29) is 36.0 Å². The van der Waals surface area contributed by atoms with Crippen LogP contribution < -0.4 is 0 Å². The molecule has 1 aromatic carbocycles. The van der Waals surface area contributed by atoms with E-state index in [4.69, 9.17) is 9.31 Å². The largest absolute Gasteiger partial charge is 0.461 e. The summed E-state index contributed by atoms with van der Waals surface area (Å²) in [4.78, 5) is 15.0. The van der Waals surface area contributed by atoms with Crippen molar-refractivity contribution in [1.82, 2.24) is 4.90 Å². The standard InChI is InChI=1S/C21H29BFNO3/c1-20(2)21(3,4)27-22(26-20)15-9-11-24(12-10-15)19(25)18-7-5-14-13-16(23)6-8-17(14)18/h6,8,13,15,18H,5,7,9-12H2,1-4H3. The van der Waals surface area contributed by atoms with Crippen LogP contribution >= 0.6 is 0 Å². The zero-order valence-corrected chi connectivity index (χ0v) is 16.8. The number of benzene rings is 1. The van der Waals surface area contributed by atoms with Crippen molar-refractivity contribution in [2.75, 3.05) is 13.1 Å². The molecule has 2 aliphatic heterocycles. The van der Waals surface area contributed by atoms with Crippen LogP contribution in [-0.2, 0) is 20.5 Å². The van der Waals surface area contributed by atoms with E-state index in [2.05, 4.69) is 27.7 Å². The van der Waals surface area contributed by atoms with Gasteiger partial charge in [-0.05, 0) is 82.5 Å². The molecule has 1 aromatic rings. The van der Waals surface area contributed by atoms with Gasteiger partial charge in [-0.25, -0.2) is 4.39 Å². The zero-order chi connectivity index (χ0) is 19.4. The molecule has 1 aliphatic carbocycles. The van der Waals surface area contributed by atoms with Crippen LogP contribution in [0.4, 0.5) is 4.39 Å². The fourth-order valence-corrected chi connectivity index (χ4v) is 4.54. The molecule has 2 fully saturated rings. The number of carbonyl (C=O) groups excluding carboxylic acids is 1. The summed E-state index contributed by atoms with van der Waals surface area (Å²) in [5.74, 6) is 0.173. The quantitative estimate of drug-likeness (QED) is 0.738. The average molecular weight is 373 g/mol. The monoisotopic (exact) mass is 373 g/mol. The number of carbonyl (C=O) groups is 1. The maximum absolute atomic E-state index is 13.4. The van der Waals surface area contributed by atoms with E-state index in [0.29, 0.717) is 5.82 Å². The van der Waals surface area contributed by atoms with Crippen LogP contribution in [0, 0.1) is 5.82 Å². The van der Waals surface area contributed by atoms with Crippen molar-refractivity contribution in [3.8, 4) is 0 Å². The molecular formula is C21H29BFNO3. The number of rotatable bonds is 2. The Kier molecular flexibility index (Phi) is 4.63. The summed E-state index contributed by atoms with van der Waals surface area (Å²) in [6.45, 7) is 9.78. The lowest BCUT2D eigenvalue weighted by atomic mass is 9.66.